The lowest BCUT2D eigenvalue weighted by atomic mass is 9.49. The minimum Gasteiger partial charge on any atom is -0.0918 e. The third kappa shape index (κ3) is 2.40. The topological polar surface area (TPSA) is 0 Å². The Labute approximate surface area is 162 Å². The number of hydrogen-bond acceptors (Lipinski definition) is 0. The Morgan fingerprint density at radius 1 is 1.12 bits per heavy atom. The summed E-state index contributed by atoms with van der Waals surface area (Å²) in [6, 6.07) is 0. The van der Waals surface area contributed by atoms with Crippen molar-refractivity contribution in [2.75, 3.05) is 0 Å². The molecular weight excluding hydrogens is 312 g/mol. The van der Waals surface area contributed by atoms with Crippen LogP contribution in [0.25, 0.3) is 0 Å². The maximum atomic E-state index is 4.17. The lowest BCUT2D eigenvalue weighted by Gasteiger charge is -2.55. The van der Waals surface area contributed by atoms with E-state index in [1.54, 1.807) is 0 Å². The predicted molar refractivity (Wildman–Crippen MR) is 113 cm³/mol. The normalized spacial score (nSPS) is 47.8. The van der Waals surface area contributed by atoms with Crippen LogP contribution in [0, 0.1) is 46.3 Å². The highest BCUT2D eigenvalue weighted by atomic mass is 14.6. The summed E-state index contributed by atoms with van der Waals surface area (Å²) in [5, 5.41) is 0. The molecule has 0 N–H and O–H groups in total. The second kappa shape index (κ2) is 5.73. The Hall–Kier alpha value is -1.04. The highest BCUT2D eigenvalue weighted by Crippen LogP contribution is 2.66. The molecule has 0 bridgehead atoms. The molecule has 0 aromatic carbocycles. The molecule has 5 rings (SSSR count). The van der Waals surface area contributed by atoms with Gasteiger partial charge in [0.05, 0.1) is 0 Å². The van der Waals surface area contributed by atoms with Gasteiger partial charge in [-0.15, -0.1) is 0 Å². The first-order valence-electron chi connectivity index (χ1n) is 11.2. The fraction of sp³-hybridized carbons (Fsp3) is 0.692. The molecule has 7 atom stereocenters. The molecule has 0 radical (unpaired) electrons. The summed E-state index contributed by atoms with van der Waals surface area (Å²) >= 11 is 0. The van der Waals surface area contributed by atoms with Gasteiger partial charge in [-0.2, -0.15) is 0 Å². The van der Waals surface area contributed by atoms with Gasteiger partial charge >= 0.3 is 0 Å². The van der Waals surface area contributed by atoms with Crippen LogP contribution in [0.3, 0.4) is 0 Å². The molecule has 26 heavy (non-hydrogen) atoms. The summed E-state index contributed by atoms with van der Waals surface area (Å²) in [5.41, 5.74) is 3.49. The van der Waals surface area contributed by atoms with Crippen LogP contribution in [0.4, 0.5) is 0 Å². The third-order valence-corrected chi connectivity index (χ3v) is 9.37. The van der Waals surface area contributed by atoms with Crippen LogP contribution < -0.4 is 0 Å². The predicted octanol–water partition coefficient (Wildman–Crippen LogP) is 7.36. The molecule has 0 amide bonds. The van der Waals surface area contributed by atoms with E-state index in [9.17, 15) is 0 Å². The second-order valence-corrected chi connectivity index (χ2v) is 10.8. The zero-order valence-corrected chi connectivity index (χ0v) is 17.0. The van der Waals surface area contributed by atoms with Gasteiger partial charge in [-0.3, -0.25) is 0 Å². The molecule has 0 heterocycles. The van der Waals surface area contributed by atoms with E-state index >= 15 is 0 Å². The largest absolute Gasteiger partial charge is 0.0918 e. The van der Waals surface area contributed by atoms with Crippen molar-refractivity contribution in [1.29, 1.82) is 0 Å². The number of fused-ring (bicyclic) bond motifs is 5. The van der Waals surface area contributed by atoms with Crippen LogP contribution in [0.2, 0.25) is 0 Å². The molecule has 0 aromatic heterocycles. The smallest absolute Gasteiger partial charge is 0.0141 e. The Balaban J connectivity index is 0.00000180. The van der Waals surface area contributed by atoms with E-state index in [1.807, 2.05) is 0 Å². The first kappa shape index (κ1) is 17.1. The molecule has 3 saturated carbocycles. The average molecular weight is 351 g/mol. The van der Waals surface area contributed by atoms with Crippen molar-refractivity contribution in [3.63, 3.8) is 0 Å². The highest BCUT2D eigenvalue weighted by molar-refractivity contribution is 5.48. The van der Waals surface area contributed by atoms with Crippen LogP contribution >= 0.6 is 0 Å². The first-order chi connectivity index (χ1) is 12.4. The summed E-state index contributed by atoms with van der Waals surface area (Å²) in [7, 11) is 0. The van der Waals surface area contributed by atoms with Gasteiger partial charge in [0.2, 0.25) is 0 Å². The van der Waals surface area contributed by atoms with E-state index < -0.39 is 0 Å². The molecular formula is C26H38. The number of hydrogen-bond donors (Lipinski definition) is 0. The average Bonchev–Trinajstić information content (AvgIpc) is 3.34. The fourth-order valence-corrected chi connectivity index (χ4v) is 7.74. The third-order valence-electron chi connectivity index (χ3n) is 9.37. The second-order valence-electron chi connectivity index (χ2n) is 10.8. The maximum absolute atomic E-state index is 4.17. The molecule has 0 nitrogen and oxygen atoms in total. The maximum Gasteiger partial charge on any atom is 0.0141 e. The van der Waals surface area contributed by atoms with Crippen LogP contribution in [-0.4, -0.2) is 0 Å². The molecule has 5 aliphatic rings. The molecule has 0 aromatic rings. The lowest BCUT2D eigenvalue weighted by Crippen LogP contribution is -2.48. The Morgan fingerprint density at radius 2 is 1.92 bits per heavy atom. The van der Waals surface area contributed by atoms with Gasteiger partial charge in [0.25, 0.3) is 0 Å². The minimum absolute atomic E-state index is 0. The van der Waals surface area contributed by atoms with E-state index in [4.69, 9.17) is 0 Å². The van der Waals surface area contributed by atoms with Crippen LogP contribution in [0.5, 0.6) is 0 Å². The Morgan fingerprint density at radius 3 is 2.69 bits per heavy atom. The zero-order valence-electron chi connectivity index (χ0n) is 17.0. The molecule has 142 valence electrons. The molecule has 0 spiro atoms. The van der Waals surface area contributed by atoms with Crippen molar-refractivity contribution < 1.29 is 1.43 Å². The first-order valence-corrected chi connectivity index (χ1v) is 11.2. The molecule has 0 saturated heterocycles. The minimum atomic E-state index is 0. The fourth-order valence-electron chi connectivity index (χ4n) is 7.74. The Bertz CT molecular complexity index is 708. The summed E-state index contributed by atoms with van der Waals surface area (Å²) < 4.78 is 0. The van der Waals surface area contributed by atoms with E-state index in [0.29, 0.717) is 5.41 Å². The van der Waals surface area contributed by atoms with Crippen LogP contribution in [-0.2, 0) is 0 Å². The highest BCUT2D eigenvalue weighted by Gasteiger charge is 2.58. The number of rotatable bonds is 3. The van der Waals surface area contributed by atoms with Gasteiger partial charge in [-0.1, -0.05) is 70.6 Å². The quantitative estimate of drug-likeness (QED) is 0.499. The molecule has 0 heteroatoms. The van der Waals surface area contributed by atoms with E-state index in [1.165, 1.54) is 50.5 Å². The van der Waals surface area contributed by atoms with Crippen molar-refractivity contribution in [1.82, 2.24) is 0 Å². The van der Waals surface area contributed by atoms with Gasteiger partial charge in [0.1, 0.15) is 0 Å². The van der Waals surface area contributed by atoms with Gasteiger partial charge < -0.3 is 0 Å². The summed E-state index contributed by atoms with van der Waals surface area (Å²) in [6.07, 6.45) is 22.5. The van der Waals surface area contributed by atoms with Crippen molar-refractivity contribution in [3.8, 4) is 0 Å². The Kier molecular flexibility index (Phi) is 3.76. The molecule has 5 aliphatic carbocycles. The summed E-state index contributed by atoms with van der Waals surface area (Å²) in [6.45, 7) is 11.9. The van der Waals surface area contributed by atoms with Gasteiger partial charge in [0, 0.05) is 6.84 Å². The number of allylic oxidation sites excluding steroid dienone is 7. The van der Waals surface area contributed by atoms with Crippen LogP contribution in [0.15, 0.2) is 48.1 Å². The van der Waals surface area contributed by atoms with Crippen molar-refractivity contribution >= 4 is 0 Å². The van der Waals surface area contributed by atoms with Crippen molar-refractivity contribution in [2.24, 2.45) is 46.3 Å². The van der Waals surface area contributed by atoms with Crippen molar-refractivity contribution in [3.05, 3.63) is 48.1 Å². The lowest BCUT2D eigenvalue weighted by molar-refractivity contribution is -0.0125. The van der Waals surface area contributed by atoms with Crippen LogP contribution in [0.1, 0.15) is 67.1 Å². The van der Waals surface area contributed by atoms with E-state index in [-0.39, 0.29) is 6.84 Å². The van der Waals surface area contributed by atoms with Gasteiger partial charge in [-0.25, -0.2) is 0 Å². The SMILES string of the molecule is C=C1C=CC2(C)C(=C1)C=CC1C2CCC2(C)C1CCC2[C@H](C)CC1CC1.[HH]. The van der Waals surface area contributed by atoms with E-state index in [0.717, 1.165) is 41.1 Å². The van der Waals surface area contributed by atoms with Crippen molar-refractivity contribution in [2.45, 2.75) is 65.7 Å². The van der Waals surface area contributed by atoms with E-state index in [2.05, 4.69) is 57.7 Å². The standard InChI is InChI=1S/C26H36.H2/c1-17-11-13-25(3)20(15-17)7-8-21-23-10-9-22(18(2)16-19-5-6-19)26(23,4)14-12-24(21)25;/h7-8,11,13,15,18-19,21-24H,1,5-6,9-10,12,14,16H2,2-4H3;1H/t18-,21?,22?,23?,24?,25?,26?;/m1./s1. The molecule has 0 aliphatic heterocycles. The monoisotopic (exact) mass is 350 g/mol. The van der Waals surface area contributed by atoms with Gasteiger partial charge in [0.15, 0.2) is 0 Å². The molecule has 3 fully saturated rings. The zero-order chi connectivity index (χ0) is 18.1. The summed E-state index contributed by atoms with van der Waals surface area (Å²) in [5.74, 6) is 5.45. The van der Waals surface area contributed by atoms with Gasteiger partial charge in [-0.05, 0) is 84.2 Å². The summed E-state index contributed by atoms with van der Waals surface area (Å²) in [4.78, 5) is 0. The molecule has 6 unspecified atom stereocenters.